The fourth-order valence-electron chi connectivity index (χ4n) is 1.55. The van der Waals surface area contributed by atoms with Crippen molar-refractivity contribution in [2.45, 2.75) is 4.21 Å². The van der Waals surface area contributed by atoms with Gasteiger partial charge in [-0.1, -0.05) is 0 Å². The molecular formula is C13H11Br2N3O6S2. The Bertz CT molecular complexity index is 895. The monoisotopic (exact) mass is 527 g/mol. The Kier molecular flexibility index (Phi) is 7.11. The predicted octanol–water partition coefficient (Wildman–Crippen LogP) is 1.87. The van der Waals surface area contributed by atoms with Crippen LogP contribution in [0.4, 0.5) is 4.79 Å². The van der Waals surface area contributed by atoms with Gasteiger partial charge in [-0.3, -0.25) is 4.79 Å². The molecule has 0 atom stereocenters. The second-order valence-corrected chi connectivity index (χ2v) is 9.68. The predicted molar refractivity (Wildman–Crippen MR) is 99.7 cm³/mol. The molecule has 0 unspecified atom stereocenters. The lowest BCUT2D eigenvalue weighted by molar-refractivity contribution is 0.0981. The minimum Gasteiger partial charge on any atom is -0.395 e. The summed E-state index contributed by atoms with van der Waals surface area (Å²) in [5.41, 5.74) is -0.0358. The third-order valence-electron chi connectivity index (χ3n) is 2.69. The van der Waals surface area contributed by atoms with Gasteiger partial charge in [0.2, 0.25) is 5.88 Å². The Morgan fingerprint density at radius 3 is 2.58 bits per heavy atom. The van der Waals surface area contributed by atoms with Gasteiger partial charge in [0, 0.05) is 23.3 Å². The summed E-state index contributed by atoms with van der Waals surface area (Å²) in [5, 5.41) is 10.8. The topological polar surface area (TPSA) is 135 Å². The molecule has 0 aliphatic rings. The second-order valence-electron chi connectivity index (χ2n) is 4.55. The molecule has 2 aromatic rings. The summed E-state index contributed by atoms with van der Waals surface area (Å²) in [6, 6.07) is 3.86. The van der Waals surface area contributed by atoms with Gasteiger partial charge in [0.1, 0.15) is 4.21 Å². The summed E-state index contributed by atoms with van der Waals surface area (Å²) < 4.78 is 32.3. The summed E-state index contributed by atoms with van der Waals surface area (Å²) in [4.78, 5) is 27.2. The van der Waals surface area contributed by atoms with E-state index in [1.165, 1.54) is 18.2 Å². The van der Waals surface area contributed by atoms with Crippen LogP contribution in [0, 0.1) is 0 Å². The van der Waals surface area contributed by atoms with E-state index in [2.05, 4.69) is 42.2 Å². The Hall–Kier alpha value is -1.54. The molecule has 2 heterocycles. The summed E-state index contributed by atoms with van der Waals surface area (Å²) in [6.45, 7) is -0.223. The first-order valence-corrected chi connectivity index (χ1v) is 10.7. The summed E-state index contributed by atoms with van der Waals surface area (Å²) in [5.74, 6) is -0.972. The Labute approximate surface area is 169 Å². The quantitative estimate of drug-likeness (QED) is 0.520. The number of pyridine rings is 1. The maximum absolute atomic E-state index is 12.2. The number of aromatic nitrogens is 1. The van der Waals surface area contributed by atoms with Gasteiger partial charge in [-0.25, -0.2) is 22.9 Å². The Balaban J connectivity index is 2.04. The van der Waals surface area contributed by atoms with E-state index < -0.39 is 22.0 Å². The zero-order chi connectivity index (χ0) is 19.3. The normalized spacial score (nSPS) is 11.0. The Morgan fingerprint density at radius 2 is 2.04 bits per heavy atom. The number of hydrogen-bond acceptors (Lipinski definition) is 8. The maximum Gasteiger partial charge on any atom is 0.414 e. The fraction of sp³-hybridized carbons (Fsp3) is 0.154. The third kappa shape index (κ3) is 5.48. The molecule has 2 rings (SSSR count). The van der Waals surface area contributed by atoms with Crippen molar-refractivity contribution in [3.05, 3.63) is 38.2 Å². The standard InChI is InChI=1S/C13H11Br2N3O6S2/c14-8-5-10(25-11(8)15)26(22,23)18-12(20)7-1-2-9(17-6-7)24-13(21)16-3-4-19/h1-2,5-6,19H,3-4H2,(H,16,21)(H,18,20). The van der Waals surface area contributed by atoms with Crippen LogP contribution in [-0.2, 0) is 10.0 Å². The van der Waals surface area contributed by atoms with Crippen LogP contribution in [0.15, 0.2) is 36.9 Å². The van der Waals surface area contributed by atoms with E-state index in [4.69, 9.17) is 9.84 Å². The van der Waals surface area contributed by atoms with Crippen molar-refractivity contribution in [1.82, 2.24) is 15.0 Å². The van der Waals surface area contributed by atoms with E-state index in [-0.39, 0.29) is 28.8 Å². The van der Waals surface area contributed by atoms with Gasteiger partial charge in [-0.15, -0.1) is 11.3 Å². The average molecular weight is 529 g/mol. The number of hydrogen-bond donors (Lipinski definition) is 3. The van der Waals surface area contributed by atoms with Crippen LogP contribution in [0.3, 0.4) is 0 Å². The number of aliphatic hydroxyl groups excluding tert-OH is 1. The molecule has 2 aromatic heterocycles. The van der Waals surface area contributed by atoms with Gasteiger partial charge >= 0.3 is 6.09 Å². The van der Waals surface area contributed by atoms with Crippen LogP contribution in [0.2, 0.25) is 0 Å². The molecule has 0 aliphatic heterocycles. The number of amides is 2. The lowest BCUT2D eigenvalue weighted by Gasteiger charge is -2.06. The molecule has 0 saturated carbocycles. The van der Waals surface area contributed by atoms with Gasteiger partial charge in [-0.05, 0) is 44.0 Å². The summed E-state index contributed by atoms with van der Waals surface area (Å²) in [6.07, 6.45) is 0.250. The lowest BCUT2D eigenvalue weighted by Crippen LogP contribution is -2.30. The number of aliphatic hydroxyl groups is 1. The molecule has 2 amide bonds. The maximum atomic E-state index is 12.2. The Morgan fingerprint density at radius 1 is 1.31 bits per heavy atom. The smallest absolute Gasteiger partial charge is 0.395 e. The van der Waals surface area contributed by atoms with Crippen molar-refractivity contribution < 1.29 is 27.9 Å². The second kappa shape index (κ2) is 8.90. The molecule has 13 heteroatoms. The van der Waals surface area contributed by atoms with Gasteiger partial charge in [0.25, 0.3) is 15.9 Å². The zero-order valence-electron chi connectivity index (χ0n) is 12.7. The van der Waals surface area contributed by atoms with Crippen LogP contribution in [-0.4, -0.2) is 43.7 Å². The number of ether oxygens (including phenoxy) is 1. The average Bonchev–Trinajstić information content (AvgIpc) is 2.93. The van der Waals surface area contributed by atoms with Gasteiger partial charge in [0.15, 0.2) is 0 Å². The van der Waals surface area contributed by atoms with Crippen molar-refractivity contribution in [2.75, 3.05) is 13.2 Å². The van der Waals surface area contributed by atoms with Crippen LogP contribution in [0.1, 0.15) is 10.4 Å². The minimum atomic E-state index is -4.04. The largest absolute Gasteiger partial charge is 0.414 e. The number of carbonyl (C=O) groups excluding carboxylic acids is 2. The van der Waals surface area contributed by atoms with Crippen LogP contribution in [0.25, 0.3) is 0 Å². The van der Waals surface area contributed by atoms with Gasteiger partial charge in [-0.2, -0.15) is 0 Å². The number of halogens is 2. The van der Waals surface area contributed by atoms with Gasteiger partial charge < -0.3 is 15.2 Å². The summed E-state index contributed by atoms with van der Waals surface area (Å²) >= 11 is 7.31. The molecule has 0 fully saturated rings. The molecule has 9 nitrogen and oxygen atoms in total. The minimum absolute atomic E-state index is 0.0200. The van der Waals surface area contributed by atoms with E-state index in [1.54, 1.807) is 0 Å². The zero-order valence-corrected chi connectivity index (χ0v) is 17.5. The van der Waals surface area contributed by atoms with E-state index in [1.807, 2.05) is 4.72 Å². The molecule has 3 N–H and O–H groups in total. The molecule has 0 bridgehead atoms. The van der Waals surface area contributed by atoms with E-state index in [9.17, 15) is 18.0 Å². The van der Waals surface area contributed by atoms with Crippen LogP contribution < -0.4 is 14.8 Å². The first-order chi connectivity index (χ1) is 12.2. The first-order valence-electron chi connectivity index (χ1n) is 6.77. The first kappa shape index (κ1) is 20.8. The van der Waals surface area contributed by atoms with E-state index in [0.29, 0.717) is 8.26 Å². The van der Waals surface area contributed by atoms with Crippen molar-refractivity contribution in [3.63, 3.8) is 0 Å². The number of nitrogens with zero attached hydrogens (tertiary/aromatic N) is 1. The molecule has 0 radical (unpaired) electrons. The number of nitrogens with one attached hydrogen (secondary N) is 2. The molecule has 0 saturated heterocycles. The van der Waals surface area contributed by atoms with Crippen molar-refractivity contribution in [2.24, 2.45) is 0 Å². The highest BCUT2D eigenvalue weighted by molar-refractivity contribution is 9.13. The molecule has 0 aliphatic carbocycles. The molecule has 0 aromatic carbocycles. The molecule has 140 valence electrons. The molecule has 26 heavy (non-hydrogen) atoms. The van der Waals surface area contributed by atoms with Crippen molar-refractivity contribution in [1.29, 1.82) is 0 Å². The van der Waals surface area contributed by atoms with E-state index in [0.717, 1.165) is 17.5 Å². The van der Waals surface area contributed by atoms with Crippen molar-refractivity contribution >= 4 is 65.2 Å². The van der Waals surface area contributed by atoms with E-state index >= 15 is 0 Å². The summed E-state index contributed by atoms with van der Waals surface area (Å²) in [7, 11) is -4.04. The highest BCUT2D eigenvalue weighted by Gasteiger charge is 2.22. The van der Waals surface area contributed by atoms with Crippen LogP contribution in [0.5, 0.6) is 5.88 Å². The molecular weight excluding hydrogens is 518 g/mol. The SMILES string of the molecule is O=C(NCCO)Oc1ccc(C(=O)NS(=O)(=O)c2cc(Br)c(Br)s2)cn1. The number of sulfonamides is 1. The van der Waals surface area contributed by atoms with Crippen molar-refractivity contribution in [3.8, 4) is 5.88 Å². The van der Waals surface area contributed by atoms with Gasteiger partial charge in [0.05, 0.1) is 16.0 Å². The molecule has 0 spiro atoms. The number of rotatable bonds is 6. The number of carbonyl (C=O) groups is 2. The highest BCUT2D eigenvalue weighted by atomic mass is 79.9. The highest BCUT2D eigenvalue weighted by Crippen LogP contribution is 2.34. The van der Waals surface area contributed by atoms with Crippen LogP contribution >= 0.6 is 43.2 Å². The lowest BCUT2D eigenvalue weighted by atomic mass is 10.3. The third-order valence-corrected chi connectivity index (χ3v) is 7.75. The number of thiophene rings is 1. The fourth-order valence-corrected chi connectivity index (χ4v) is 5.35.